The summed E-state index contributed by atoms with van der Waals surface area (Å²) >= 11 is 0. The Morgan fingerprint density at radius 2 is 1.95 bits per heavy atom. The van der Waals surface area contributed by atoms with Crippen LogP contribution in [0.25, 0.3) is 5.70 Å². The summed E-state index contributed by atoms with van der Waals surface area (Å²) < 4.78 is 5.73. The molecular formula is C17H18N4O. The number of rotatable bonds is 5. The molecule has 0 saturated heterocycles. The topological polar surface area (TPSA) is 72.5 Å². The lowest BCUT2D eigenvalue weighted by Crippen LogP contribution is -2.34. The fourth-order valence-corrected chi connectivity index (χ4v) is 2.14. The van der Waals surface area contributed by atoms with Crippen molar-refractivity contribution in [2.75, 3.05) is 6.61 Å². The molecule has 112 valence electrons. The Balaban J connectivity index is 1.52. The van der Waals surface area contributed by atoms with Gasteiger partial charge in [0.15, 0.2) is 6.23 Å². The summed E-state index contributed by atoms with van der Waals surface area (Å²) in [6.45, 7) is 0.417. The normalized spacial score (nSPS) is 18.4. The maximum absolute atomic E-state index is 6.11. The Morgan fingerprint density at radius 3 is 2.64 bits per heavy atom. The lowest BCUT2D eigenvalue weighted by Gasteiger charge is -2.20. The Morgan fingerprint density at radius 1 is 1.14 bits per heavy atom. The third-order valence-electron chi connectivity index (χ3n) is 3.34. The summed E-state index contributed by atoms with van der Waals surface area (Å²) in [6.07, 6.45) is 5.00. The maximum atomic E-state index is 6.11. The van der Waals surface area contributed by atoms with Crippen LogP contribution >= 0.6 is 0 Å². The van der Waals surface area contributed by atoms with Gasteiger partial charge in [-0.25, -0.2) is 0 Å². The van der Waals surface area contributed by atoms with E-state index >= 15 is 0 Å². The fraction of sp³-hybridized carbons (Fsp3) is 0.176. The number of hydrogen-bond donors (Lipinski definition) is 2. The summed E-state index contributed by atoms with van der Waals surface area (Å²) in [7, 11) is 0. The van der Waals surface area contributed by atoms with E-state index in [1.807, 2.05) is 48.5 Å². The molecule has 0 radical (unpaired) electrons. The number of ether oxygens (including phenoxy) is 1. The average molecular weight is 294 g/mol. The van der Waals surface area contributed by atoms with Gasteiger partial charge in [-0.15, -0.1) is 0 Å². The number of aliphatic imine (C=N–C) groups is 1. The van der Waals surface area contributed by atoms with Crippen molar-refractivity contribution in [3.05, 3.63) is 72.2 Å². The van der Waals surface area contributed by atoms with Crippen molar-refractivity contribution in [1.82, 2.24) is 10.3 Å². The first-order chi connectivity index (χ1) is 10.8. The molecule has 2 heterocycles. The SMILES string of the molecule is NC(COC1C=NC(c2ccccn2)=CN1)c1ccccc1. The summed E-state index contributed by atoms with van der Waals surface area (Å²) in [4.78, 5) is 8.64. The highest BCUT2D eigenvalue weighted by Gasteiger charge is 2.13. The molecule has 0 saturated carbocycles. The predicted octanol–water partition coefficient (Wildman–Crippen LogP) is 2.10. The van der Waals surface area contributed by atoms with Crippen LogP contribution in [-0.2, 0) is 4.74 Å². The third-order valence-corrected chi connectivity index (χ3v) is 3.34. The molecule has 1 aliphatic rings. The summed E-state index contributed by atoms with van der Waals surface area (Å²) in [5, 5.41) is 3.15. The number of nitrogens with one attached hydrogen (secondary N) is 1. The first kappa shape index (κ1) is 14.4. The molecule has 5 heteroatoms. The van der Waals surface area contributed by atoms with Crippen LogP contribution in [0.4, 0.5) is 0 Å². The number of aromatic nitrogens is 1. The first-order valence-corrected chi connectivity index (χ1v) is 7.17. The van der Waals surface area contributed by atoms with Gasteiger partial charge in [-0.2, -0.15) is 0 Å². The van der Waals surface area contributed by atoms with Crippen molar-refractivity contribution >= 4 is 11.9 Å². The Kier molecular flexibility index (Phi) is 4.58. The number of hydrogen-bond acceptors (Lipinski definition) is 5. The Bertz CT molecular complexity index is 655. The molecule has 3 rings (SSSR count). The Labute approximate surface area is 129 Å². The highest BCUT2D eigenvalue weighted by atomic mass is 16.5. The minimum absolute atomic E-state index is 0.155. The minimum Gasteiger partial charge on any atom is -0.360 e. The van der Waals surface area contributed by atoms with Crippen molar-refractivity contribution in [3.8, 4) is 0 Å². The average Bonchev–Trinajstić information content (AvgIpc) is 2.61. The van der Waals surface area contributed by atoms with E-state index in [0.717, 1.165) is 17.0 Å². The van der Waals surface area contributed by atoms with Gasteiger partial charge in [0.05, 0.1) is 24.6 Å². The zero-order valence-corrected chi connectivity index (χ0v) is 12.1. The summed E-state index contributed by atoms with van der Waals surface area (Å²) in [6, 6.07) is 15.5. The van der Waals surface area contributed by atoms with Crippen molar-refractivity contribution < 1.29 is 4.74 Å². The zero-order valence-electron chi connectivity index (χ0n) is 12.1. The summed E-state index contributed by atoms with van der Waals surface area (Å²) in [5.41, 5.74) is 8.77. The number of nitrogens with zero attached hydrogens (tertiary/aromatic N) is 2. The molecule has 0 amide bonds. The predicted molar refractivity (Wildman–Crippen MR) is 87.0 cm³/mol. The van der Waals surface area contributed by atoms with Crippen molar-refractivity contribution in [2.45, 2.75) is 12.3 Å². The number of pyridine rings is 1. The third kappa shape index (κ3) is 3.58. The molecule has 5 nitrogen and oxygen atoms in total. The van der Waals surface area contributed by atoms with Gasteiger partial charge in [-0.1, -0.05) is 36.4 Å². The van der Waals surface area contributed by atoms with Gasteiger partial charge in [-0.3, -0.25) is 9.98 Å². The van der Waals surface area contributed by atoms with Crippen LogP contribution < -0.4 is 11.1 Å². The summed E-state index contributed by atoms with van der Waals surface area (Å²) in [5.74, 6) is 0. The molecule has 3 N–H and O–H groups in total. The van der Waals surface area contributed by atoms with Crippen LogP contribution in [0, 0.1) is 0 Å². The van der Waals surface area contributed by atoms with Gasteiger partial charge >= 0.3 is 0 Å². The molecule has 1 aromatic heterocycles. The molecule has 22 heavy (non-hydrogen) atoms. The second-order valence-electron chi connectivity index (χ2n) is 4.96. The molecule has 2 unspecified atom stereocenters. The van der Waals surface area contributed by atoms with E-state index in [0.29, 0.717) is 6.61 Å². The number of nitrogens with two attached hydrogens (primary N) is 1. The monoisotopic (exact) mass is 294 g/mol. The van der Waals surface area contributed by atoms with Crippen LogP contribution in [0.1, 0.15) is 17.3 Å². The van der Waals surface area contributed by atoms with E-state index in [1.165, 1.54) is 0 Å². The molecule has 0 aliphatic carbocycles. The fourth-order valence-electron chi connectivity index (χ4n) is 2.14. The molecule has 2 aromatic rings. The lowest BCUT2D eigenvalue weighted by atomic mass is 10.1. The second kappa shape index (κ2) is 6.98. The quantitative estimate of drug-likeness (QED) is 0.885. The maximum Gasteiger partial charge on any atom is 0.163 e. The highest BCUT2D eigenvalue weighted by molar-refractivity contribution is 5.77. The van der Waals surface area contributed by atoms with Crippen molar-refractivity contribution in [1.29, 1.82) is 0 Å². The van der Waals surface area contributed by atoms with Crippen molar-refractivity contribution in [3.63, 3.8) is 0 Å². The Hall–Kier alpha value is -2.50. The van der Waals surface area contributed by atoms with Crippen LogP contribution in [0.15, 0.2) is 65.9 Å². The molecule has 0 spiro atoms. The molecule has 2 atom stereocenters. The van der Waals surface area contributed by atoms with E-state index in [2.05, 4.69) is 15.3 Å². The van der Waals surface area contributed by atoms with E-state index in [-0.39, 0.29) is 12.3 Å². The van der Waals surface area contributed by atoms with E-state index in [1.54, 1.807) is 18.6 Å². The van der Waals surface area contributed by atoms with Gasteiger partial charge in [-0.05, 0) is 17.7 Å². The largest absolute Gasteiger partial charge is 0.360 e. The van der Waals surface area contributed by atoms with Gasteiger partial charge in [0, 0.05) is 12.4 Å². The van der Waals surface area contributed by atoms with Gasteiger partial charge < -0.3 is 15.8 Å². The smallest absolute Gasteiger partial charge is 0.163 e. The lowest BCUT2D eigenvalue weighted by molar-refractivity contribution is 0.0764. The van der Waals surface area contributed by atoms with E-state index < -0.39 is 0 Å². The van der Waals surface area contributed by atoms with Crippen LogP contribution in [0.2, 0.25) is 0 Å². The van der Waals surface area contributed by atoms with Gasteiger partial charge in [0.1, 0.15) is 5.70 Å². The standard InChI is InChI=1S/C17H18N4O/c18-14(13-6-2-1-3-7-13)12-22-17-11-20-16(10-21-17)15-8-4-5-9-19-15/h1-11,14,17,21H,12,18H2. The first-order valence-electron chi connectivity index (χ1n) is 7.17. The van der Waals surface area contributed by atoms with Crippen LogP contribution in [0.5, 0.6) is 0 Å². The minimum atomic E-state index is -0.276. The van der Waals surface area contributed by atoms with Crippen molar-refractivity contribution in [2.24, 2.45) is 10.7 Å². The molecule has 0 fully saturated rings. The van der Waals surface area contributed by atoms with E-state index in [9.17, 15) is 0 Å². The zero-order chi connectivity index (χ0) is 15.2. The van der Waals surface area contributed by atoms with Gasteiger partial charge in [0.25, 0.3) is 0 Å². The second-order valence-corrected chi connectivity index (χ2v) is 4.96. The molecule has 0 bridgehead atoms. The van der Waals surface area contributed by atoms with E-state index in [4.69, 9.17) is 10.5 Å². The molecule has 1 aliphatic heterocycles. The number of benzene rings is 1. The molecule has 1 aromatic carbocycles. The van der Waals surface area contributed by atoms with Crippen LogP contribution in [-0.4, -0.2) is 24.0 Å². The highest BCUT2D eigenvalue weighted by Crippen LogP contribution is 2.15. The van der Waals surface area contributed by atoms with Gasteiger partial charge in [0.2, 0.25) is 0 Å². The van der Waals surface area contributed by atoms with Crippen LogP contribution in [0.3, 0.4) is 0 Å². The molecular weight excluding hydrogens is 276 g/mol.